The van der Waals surface area contributed by atoms with Crippen LogP contribution in [0.4, 0.5) is 4.39 Å². The molecule has 30 heavy (non-hydrogen) atoms. The zero-order chi connectivity index (χ0) is 20.9. The monoisotopic (exact) mass is 400 g/mol. The molecule has 4 aromatic rings. The van der Waals surface area contributed by atoms with Gasteiger partial charge in [0.05, 0.1) is 0 Å². The third-order valence-electron chi connectivity index (χ3n) is 5.07. The number of rotatable bonds is 7. The molecule has 0 amide bonds. The van der Waals surface area contributed by atoms with Gasteiger partial charge in [0.2, 0.25) is 0 Å². The number of fused-ring (bicyclic) bond motifs is 1. The van der Waals surface area contributed by atoms with Gasteiger partial charge in [0.1, 0.15) is 18.2 Å². The molecular weight excluding hydrogens is 379 g/mol. The second kappa shape index (κ2) is 8.78. The van der Waals surface area contributed by atoms with E-state index in [1.807, 2.05) is 42.5 Å². The fourth-order valence-electron chi connectivity index (χ4n) is 3.46. The molecule has 0 heterocycles. The van der Waals surface area contributed by atoms with Crippen molar-refractivity contribution in [2.75, 3.05) is 0 Å². The summed E-state index contributed by atoms with van der Waals surface area (Å²) in [6, 6.07) is 26.5. The summed E-state index contributed by atoms with van der Waals surface area (Å²) in [5.74, 6) is -0.502. The number of carboxylic acids is 1. The fourth-order valence-corrected chi connectivity index (χ4v) is 3.46. The van der Waals surface area contributed by atoms with E-state index in [-0.39, 0.29) is 18.8 Å². The van der Waals surface area contributed by atoms with Crippen molar-refractivity contribution in [2.24, 2.45) is 0 Å². The Kier molecular flexibility index (Phi) is 5.75. The quantitative estimate of drug-likeness (QED) is 0.399. The zero-order valence-electron chi connectivity index (χ0n) is 16.3. The van der Waals surface area contributed by atoms with Crippen LogP contribution < -0.4 is 4.74 Å². The molecule has 0 aliphatic heterocycles. The molecule has 0 aliphatic rings. The standard InChI is InChI=1S/C26H21FO3/c27-24-8-4-3-7-22(24)17-30-25-13-9-18(10-14-26(28)29)15-23(25)21-12-11-19-5-1-2-6-20(19)16-21/h1-9,11-13,15-16H,10,14,17H2,(H,28,29). The number of aliphatic carboxylic acids is 1. The third-order valence-corrected chi connectivity index (χ3v) is 5.07. The summed E-state index contributed by atoms with van der Waals surface area (Å²) in [4.78, 5) is 11.0. The number of hydrogen-bond donors (Lipinski definition) is 1. The Bertz CT molecular complexity index is 1200. The topological polar surface area (TPSA) is 46.5 Å². The van der Waals surface area contributed by atoms with Crippen molar-refractivity contribution >= 4 is 16.7 Å². The first-order chi connectivity index (χ1) is 14.6. The van der Waals surface area contributed by atoms with Gasteiger partial charge >= 0.3 is 5.97 Å². The van der Waals surface area contributed by atoms with E-state index < -0.39 is 5.97 Å². The predicted octanol–water partition coefficient (Wildman–Crippen LogP) is 6.24. The Morgan fingerprint density at radius 1 is 0.867 bits per heavy atom. The van der Waals surface area contributed by atoms with Gasteiger partial charge in [-0.15, -0.1) is 0 Å². The minimum Gasteiger partial charge on any atom is -0.488 e. The van der Waals surface area contributed by atoms with E-state index in [9.17, 15) is 9.18 Å². The molecular formula is C26H21FO3. The van der Waals surface area contributed by atoms with Crippen LogP contribution in [0.5, 0.6) is 5.75 Å². The Morgan fingerprint density at radius 2 is 1.63 bits per heavy atom. The smallest absolute Gasteiger partial charge is 0.303 e. The molecule has 0 saturated carbocycles. The fraction of sp³-hybridized carbons (Fsp3) is 0.115. The highest BCUT2D eigenvalue weighted by Crippen LogP contribution is 2.34. The van der Waals surface area contributed by atoms with Gasteiger partial charge in [0, 0.05) is 17.5 Å². The Hall–Kier alpha value is -3.66. The third kappa shape index (κ3) is 4.49. The molecule has 0 saturated heterocycles. The SMILES string of the molecule is O=C(O)CCc1ccc(OCc2ccccc2F)c(-c2ccc3ccccc3c2)c1. The van der Waals surface area contributed by atoms with E-state index in [0.717, 1.165) is 27.5 Å². The van der Waals surface area contributed by atoms with Crippen molar-refractivity contribution in [3.8, 4) is 16.9 Å². The zero-order valence-corrected chi connectivity index (χ0v) is 16.3. The lowest BCUT2D eigenvalue weighted by Gasteiger charge is -2.15. The second-order valence-corrected chi connectivity index (χ2v) is 7.17. The predicted molar refractivity (Wildman–Crippen MR) is 116 cm³/mol. The van der Waals surface area contributed by atoms with Gasteiger partial charge in [-0.3, -0.25) is 4.79 Å². The summed E-state index contributed by atoms with van der Waals surface area (Å²) >= 11 is 0. The molecule has 3 nitrogen and oxygen atoms in total. The highest BCUT2D eigenvalue weighted by Gasteiger charge is 2.11. The molecule has 0 radical (unpaired) electrons. The van der Waals surface area contributed by atoms with E-state index in [4.69, 9.17) is 9.84 Å². The largest absolute Gasteiger partial charge is 0.488 e. The van der Waals surface area contributed by atoms with Crippen molar-refractivity contribution in [1.82, 2.24) is 0 Å². The number of ether oxygens (including phenoxy) is 1. The molecule has 0 aliphatic carbocycles. The molecule has 4 rings (SSSR count). The number of halogens is 1. The molecule has 4 aromatic carbocycles. The Labute approximate surface area is 174 Å². The summed E-state index contributed by atoms with van der Waals surface area (Å²) in [6.45, 7) is 0.113. The summed E-state index contributed by atoms with van der Waals surface area (Å²) in [5.41, 5.74) is 3.23. The van der Waals surface area contributed by atoms with Crippen LogP contribution in [-0.2, 0) is 17.8 Å². The second-order valence-electron chi connectivity index (χ2n) is 7.17. The molecule has 150 valence electrons. The number of carbonyl (C=O) groups is 1. The van der Waals surface area contributed by atoms with E-state index in [0.29, 0.717) is 17.7 Å². The highest BCUT2D eigenvalue weighted by atomic mass is 19.1. The summed E-state index contributed by atoms with van der Waals surface area (Å²) < 4.78 is 20.0. The van der Waals surface area contributed by atoms with Crippen LogP contribution in [0.2, 0.25) is 0 Å². The van der Waals surface area contributed by atoms with Crippen molar-refractivity contribution in [1.29, 1.82) is 0 Å². The van der Waals surface area contributed by atoms with E-state index in [2.05, 4.69) is 18.2 Å². The van der Waals surface area contributed by atoms with Gasteiger partial charge in [0.15, 0.2) is 0 Å². The summed E-state index contributed by atoms with van der Waals surface area (Å²) in [5, 5.41) is 11.2. The number of carboxylic acid groups (broad SMARTS) is 1. The molecule has 0 fully saturated rings. The number of hydrogen-bond acceptors (Lipinski definition) is 2. The van der Waals surface area contributed by atoms with Gasteiger partial charge in [-0.2, -0.15) is 0 Å². The van der Waals surface area contributed by atoms with E-state index >= 15 is 0 Å². The molecule has 0 bridgehead atoms. The van der Waals surface area contributed by atoms with Crippen LogP contribution >= 0.6 is 0 Å². The lowest BCUT2D eigenvalue weighted by molar-refractivity contribution is -0.136. The maximum atomic E-state index is 14.0. The lowest BCUT2D eigenvalue weighted by atomic mass is 9.97. The van der Waals surface area contributed by atoms with Gasteiger partial charge in [-0.05, 0) is 52.6 Å². The van der Waals surface area contributed by atoms with Crippen LogP contribution in [0, 0.1) is 5.82 Å². The van der Waals surface area contributed by atoms with Crippen LogP contribution in [0.25, 0.3) is 21.9 Å². The number of benzene rings is 4. The van der Waals surface area contributed by atoms with Crippen LogP contribution in [0.1, 0.15) is 17.5 Å². The van der Waals surface area contributed by atoms with Gasteiger partial charge in [-0.1, -0.05) is 60.7 Å². The van der Waals surface area contributed by atoms with Crippen LogP contribution in [0.15, 0.2) is 84.9 Å². The van der Waals surface area contributed by atoms with E-state index in [1.54, 1.807) is 18.2 Å². The first kappa shape index (κ1) is 19.6. The average Bonchev–Trinajstić information content (AvgIpc) is 2.77. The van der Waals surface area contributed by atoms with Crippen molar-refractivity contribution in [2.45, 2.75) is 19.4 Å². The van der Waals surface area contributed by atoms with Gasteiger partial charge < -0.3 is 9.84 Å². The van der Waals surface area contributed by atoms with Crippen molar-refractivity contribution in [3.63, 3.8) is 0 Å². The van der Waals surface area contributed by atoms with Crippen molar-refractivity contribution < 1.29 is 19.0 Å². The van der Waals surface area contributed by atoms with Crippen LogP contribution in [0.3, 0.4) is 0 Å². The molecule has 0 aromatic heterocycles. The average molecular weight is 400 g/mol. The molecule has 0 atom stereocenters. The maximum Gasteiger partial charge on any atom is 0.303 e. The number of aryl methyl sites for hydroxylation is 1. The normalized spacial score (nSPS) is 10.8. The molecule has 0 spiro atoms. The first-order valence-electron chi connectivity index (χ1n) is 9.80. The highest BCUT2D eigenvalue weighted by molar-refractivity contribution is 5.88. The summed E-state index contributed by atoms with van der Waals surface area (Å²) in [6.07, 6.45) is 0.496. The minimum atomic E-state index is -0.831. The molecule has 1 N–H and O–H groups in total. The Balaban J connectivity index is 1.70. The van der Waals surface area contributed by atoms with Crippen LogP contribution in [-0.4, -0.2) is 11.1 Å². The summed E-state index contributed by atoms with van der Waals surface area (Å²) in [7, 11) is 0. The van der Waals surface area contributed by atoms with Gasteiger partial charge in [0.25, 0.3) is 0 Å². The minimum absolute atomic E-state index is 0.0621. The Morgan fingerprint density at radius 3 is 2.43 bits per heavy atom. The van der Waals surface area contributed by atoms with E-state index in [1.165, 1.54) is 6.07 Å². The lowest BCUT2D eigenvalue weighted by Crippen LogP contribution is -2.01. The van der Waals surface area contributed by atoms with Crippen molar-refractivity contribution in [3.05, 3.63) is 102 Å². The molecule has 0 unspecified atom stereocenters. The molecule has 4 heteroatoms. The van der Waals surface area contributed by atoms with Gasteiger partial charge in [-0.25, -0.2) is 4.39 Å². The first-order valence-corrected chi connectivity index (χ1v) is 9.80. The maximum absolute atomic E-state index is 14.0.